The van der Waals surface area contributed by atoms with E-state index in [4.69, 9.17) is 47.5 Å². The molecule has 2 rings (SSSR count). The molecule has 0 aromatic carbocycles. The van der Waals surface area contributed by atoms with Gasteiger partial charge in [-0.1, -0.05) is 259 Å². The predicted molar refractivity (Wildman–Crippen MR) is 493 cm³/mol. The van der Waals surface area contributed by atoms with Crippen molar-refractivity contribution in [1.82, 2.24) is 0 Å². The van der Waals surface area contributed by atoms with Crippen LogP contribution in [0.15, 0.2) is 0 Å². The molecule has 654 valence electrons. The van der Waals surface area contributed by atoms with Crippen LogP contribution in [-0.4, -0.2) is 82.5 Å². The average molecular weight is 1590 g/mol. The number of esters is 5. The van der Waals surface area contributed by atoms with Crippen molar-refractivity contribution in [3.63, 3.8) is 0 Å². The van der Waals surface area contributed by atoms with Crippen LogP contribution in [0.25, 0.3) is 0 Å². The highest BCUT2D eigenvalue weighted by atomic mass is 35.5. The lowest BCUT2D eigenvalue weighted by molar-refractivity contribution is -0.172. The normalized spacial score (nSPS) is 13.1. The predicted octanol–water partition coefficient (Wildman–Crippen LogP) is 32.4. The third kappa shape index (κ3) is 69.8. The number of carbonyl (C=O) groups is 6. The van der Waals surface area contributed by atoms with E-state index >= 15 is 0 Å². The number of thioether (sulfide) groups is 2. The van der Waals surface area contributed by atoms with Crippen LogP contribution >= 0.6 is 47.3 Å². The van der Waals surface area contributed by atoms with Gasteiger partial charge in [0.25, 0.3) is 0 Å². The summed E-state index contributed by atoms with van der Waals surface area (Å²) in [5, 5.41) is 0.303. The van der Waals surface area contributed by atoms with Crippen LogP contribution in [0.2, 0.25) is 0 Å². The van der Waals surface area contributed by atoms with Crippen LogP contribution in [0.4, 0.5) is 0 Å². The standard InChI is InChI=1S/C13H24O2.C12H22O2.C11H22O2.C10H19ClO2.C10H20O2.C10H20OS.C10H20S2.14CH4/c1-5-12(2,3)11(14)15-13(4)9-7-6-8-10-13;1-6-11(2,3)10(13)14-12(4,5)9-7-8-9;1-7-10(3,4)9(12)13-11(5,6)8-2;1-6-9(2,3)8(12)13-10(4,5)7-11;3*1-7-10(5,6)8(11)12-9(2,3)4;;;;;;;;;;;;;;/h5-10H2,1-4H3;9H,6-8H2,1-5H3;7-8H2,1-6H3;6-7H2,1-5H3;3*7H2,1-6H3;14*1H4. The van der Waals surface area contributed by atoms with Gasteiger partial charge in [0.2, 0.25) is 0 Å². The van der Waals surface area contributed by atoms with Crippen LogP contribution in [-0.2, 0) is 52.5 Å². The molecule has 0 aromatic rings. The van der Waals surface area contributed by atoms with Crippen molar-refractivity contribution in [2.45, 2.75) is 501 Å². The second kappa shape index (κ2) is 62.6. The molecule has 0 heterocycles. The Morgan fingerprint density at radius 1 is 0.352 bits per heavy atom. The van der Waals surface area contributed by atoms with Crippen LogP contribution in [0.1, 0.15) is 463 Å². The molecular weight excluding hydrogens is 1390 g/mol. The van der Waals surface area contributed by atoms with Crippen molar-refractivity contribution in [3.05, 3.63) is 0 Å². The minimum atomic E-state index is -0.564. The maximum absolute atomic E-state index is 11.9. The second-order valence-corrected chi connectivity index (χ2v) is 39.2. The highest BCUT2D eigenvalue weighted by Gasteiger charge is 2.44. The Morgan fingerprint density at radius 2 is 0.610 bits per heavy atom. The SMILES string of the molecule is C.C.C.C.C.C.C.C.C.C.C.C.C.C.CCC(C)(C)C(=O)OC(C)(C)C.CCC(C)(C)C(=O)OC(C)(C)C1CC1.CCC(C)(C)C(=O)OC(C)(C)CCl.CCC(C)(C)C(=O)OC1(C)CCCCC1.CCC(C)(C)C(=O)SC(C)(C)C.CCC(C)(C)C(=S)SC(C)(C)C.CCC(C)(C)OC(=O)C(C)(C)CC. The van der Waals surface area contributed by atoms with Crippen LogP contribution in [0.3, 0.4) is 0 Å². The number of rotatable bonds is 21. The van der Waals surface area contributed by atoms with Crippen LogP contribution in [0.5, 0.6) is 0 Å². The van der Waals surface area contributed by atoms with Gasteiger partial charge in [0.15, 0.2) is 5.12 Å². The van der Waals surface area contributed by atoms with Crippen molar-refractivity contribution in [3.8, 4) is 0 Å². The first kappa shape index (κ1) is 152. The van der Waals surface area contributed by atoms with E-state index < -0.39 is 11.0 Å². The van der Waals surface area contributed by atoms with Crippen molar-refractivity contribution >= 4 is 86.5 Å². The fourth-order valence-corrected chi connectivity index (χ4v) is 9.04. The maximum Gasteiger partial charge on any atom is 0.312 e. The van der Waals surface area contributed by atoms with Crippen molar-refractivity contribution in [1.29, 1.82) is 0 Å². The summed E-state index contributed by atoms with van der Waals surface area (Å²) in [6, 6.07) is 0. The molecule has 2 aliphatic rings. The Hall–Kier alpha value is -1.90. The van der Waals surface area contributed by atoms with Gasteiger partial charge in [0.1, 0.15) is 28.0 Å². The number of hydrogen-bond acceptors (Lipinski definition) is 14. The van der Waals surface area contributed by atoms with Crippen molar-refractivity contribution in [2.75, 3.05) is 5.88 Å². The Kier molecular flexibility index (Phi) is 90.6. The topological polar surface area (TPSA) is 149 Å². The van der Waals surface area contributed by atoms with Gasteiger partial charge in [-0.25, -0.2) is 0 Å². The largest absolute Gasteiger partial charge is 0.460 e. The summed E-state index contributed by atoms with van der Waals surface area (Å²) in [4.78, 5) is 70.2. The molecule has 15 heteroatoms. The number of ether oxygens (including phenoxy) is 5. The molecule has 0 unspecified atom stereocenters. The van der Waals surface area contributed by atoms with E-state index in [0.29, 0.717) is 16.9 Å². The highest BCUT2D eigenvalue weighted by molar-refractivity contribution is 8.24. The molecule has 2 fully saturated rings. The molecule has 0 spiro atoms. The molecule has 0 aromatic heterocycles. The van der Waals surface area contributed by atoms with Gasteiger partial charge >= 0.3 is 29.8 Å². The lowest BCUT2D eigenvalue weighted by Gasteiger charge is -2.36. The summed E-state index contributed by atoms with van der Waals surface area (Å²) >= 11 is 14.3. The summed E-state index contributed by atoms with van der Waals surface area (Å²) in [5.41, 5.74) is -3.48. The van der Waals surface area contributed by atoms with Crippen molar-refractivity contribution < 1.29 is 52.5 Å². The summed E-state index contributed by atoms with van der Waals surface area (Å²) in [6.45, 7) is 76.0. The average Bonchev–Trinajstić information content (AvgIpc) is 1.70. The molecule has 0 radical (unpaired) electrons. The molecule has 11 nitrogen and oxygen atoms in total. The van der Waals surface area contributed by atoms with Crippen LogP contribution in [0, 0.1) is 43.8 Å². The van der Waals surface area contributed by atoms with E-state index in [0.717, 1.165) is 68.4 Å². The van der Waals surface area contributed by atoms with E-state index in [1.807, 2.05) is 199 Å². The lowest BCUT2D eigenvalue weighted by Crippen LogP contribution is -2.38. The van der Waals surface area contributed by atoms with Crippen LogP contribution < -0.4 is 0 Å². The number of halogens is 1. The molecule has 0 aliphatic heterocycles. The molecule has 0 amide bonds. The molecule has 0 saturated heterocycles. The van der Waals surface area contributed by atoms with Gasteiger partial charge in [-0.3, -0.25) is 28.8 Å². The van der Waals surface area contributed by atoms with E-state index in [1.54, 1.807) is 0 Å². The van der Waals surface area contributed by atoms with Gasteiger partial charge in [0, 0.05) is 20.3 Å². The Balaban J connectivity index is -0.0000000474. The highest BCUT2D eigenvalue weighted by Crippen LogP contribution is 2.43. The monoisotopic (exact) mass is 1590 g/mol. The first-order chi connectivity index (χ1) is 40.3. The molecule has 0 N–H and O–H groups in total. The molecule has 105 heavy (non-hydrogen) atoms. The summed E-state index contributed by atoms with van der Waals surface area (Å²) in [7, 11) is 0. The fourth-order valence-electron chi connectivity index (χ4n) is 6.14. The molecule has 2 saturated carbocycles. The maximum atomic E-state index is 11.9. The Bertz CT molecular complexity index is 2040. The van der Waals surface area contributed by atoms with E-state index in [2.05, 4.69) is 76.2 Å². The minimum Gasteiger partial charge on any atom is -0.460 e. The zero-order valence-corrected chi connectivity index (χ0v) is 69.7. The second-order valence-electron chi connectivity index (χ2n) is 34.6. The summed E-state index contributed by atoms with van der Waals surface area (Å²) in [6.07, 6.45) is 15.0. The molecular formula is C90H203ClO11S3. The van der Waals surface area contributed by atoms with Crippen molar-refractivity contribution in [2.24, 2.45) is 43.8 Å². The third-order valence-electron chi connectivity index (χ3n) is 17.3. The molecule has 0 atom stereocenters. The smallest absolute Gasteiger partial charge is 0.312 e. The Morgan fingerprint density at radius 3 is 0.848 bits per heavy atom. The fraction of sp³-hybridized carbons (Fsp3) is 0.922. The minimum absolute atomic E-state index is 0. The summed E-state index contributed by atoms with van der Waals surface area (Å²) in [5.74, 6) is 0.420. The number of hydrogen-bond donors (Lipinski definition) is 0. The van der Waals surface area contributed by atoms with Gasteiger partial charge in [0.05, 0.1) is 37.2 Å². The number of thiocarbonyl (C=S) groups is 1. The zero-order valence-electron chi connectivity index (χ0n) is 66.5. The van der Waals surface area contributed by atoms with Gasteiger partial charge in [-0.05, 0) is 234 Å². The molecule has 2 aliphatic carbocycles. The van der Waals surface area contributed by atoms with E-state index in [-0.39, 0.29) is 198 Å². The number of carbonyl (C=O) groups excluding carboxylic acids is 6. The molecule has 0 bridgehead atoms. The summed E-state index contributed by atoms with van der Waals surface area (Å²) < 4.78 is 28.6. The zero-order chi connectivity index (χ0) is 73.9. The van der Waals surface area contributed by atoms with Gasteiger partial charge in [-0.15, -0.1) is 23.4 Å². The Labute approximate surface area is 685 Å². The van der Waals surface area contributed by atoms with Gasteiger partial charge in [-0.2, -0.15) is 0 Å². The van der Waals surface area contributed by atoms with E-state index in [1.165, 1.54) is 43.9 Å². The van der Waals surface area contributed by atoms with E-state index in [9.17, 15) is 28.8 Å². The third-order valence-corrected chi connectivity index (χ3v) is 21.5. The number of alkyl halides is 1. The first-order valence-electron chi connectivity index (χ1n) is 34.5. The first-order valence-corrected chi connectivity index (χ1v) is 37.0. The van der Waals surface area contributed by atoms with Gasteiger partial charge < -0.3 is 23.7 Å². The quantitative estimate of drug-likeness (QED) is 0.0464. The lowest BCUT2D eigenvalue weighted by atomic mass is 9.85.